The fourth-order valence-electron chi connectivity index (χ4n) is 3.83. The fourth-order valence-corrected chi connectivity index (χ4v) is 4.03. The summed E-state index contributed by atoms with van der Waals surface area (Å²) in [4.78, 5) is 32.3. The van der Waals surface area contributed by atoms with Crippen LogP contribution in [0.4, 0.5) is 0 Å². The number of guanidine groups is 1. The number of carbonyl (C=O) groups excluding carboxylic acids is 2. The first-order valence-electron chi connectivity index (χ1n) is 9.69. The Bertz CT molecular complexity index is 975. The first kappa shape index (κ1) is 19.5. The molecule has 2 heterocycles. The molecule has 0 bridgehead atoms. The van der Waals surface area contributed by atoms with Gasteiger partial charge in [-0.25, -0.2) is 4.99 Å². The van der Waals surface area contributed by atoms with Gasteiger partial charge >= 0.3 is 5.97 Å². The van der Waals surface area contributed by atoms with Gasteiger partial charge in [-0.1, -0.05) is 48.0 Å². The van der Waals surface area contributed by atoms with Gasteiger partial charge in [-0.05, 0) is 42.2 Å². The number of halogens is 1. The molecule has 0 spiro atoms. The topological polar surface area (TPSA) is 71.0 Å². The van der Waals surface area contributed by atoms with Gasteiger partial charge in [-0.2, -0.15) is 0 Å². The molecule has 2 aromatic rings. The number of fused-ring (bicyclic) bond motifs is 1. The van der Waals surface area contributed by atoms with Crippen molar-refractivity contribution in [2.75, 3.05) is 13.2 Å². The van der Waals surface area contributed by atoms with E-state index in [1.165, 1.54) is 11.1 Å². The number of ether oxygens (including phenoxy) is 1. The summed E-state index contributed by atoms with van der Waals surface area (Å²) in [5, 5.41) is 3.35. The SMILES string of the molecule is CCOC(=O)[C@H]1C(=O)NC(N2CCc3ccccc3C2)=N[C@@H]1c1cccc(Cl)c1. The van der Waals surface area contributed by atoms with Crippen LogP contribution in [0.25, 0.3) is 0 Å². The molecule has 6 nitrogen and oxygen atoms in total. The fraction of sp³-hybridized carbons (Fsp3) is 0.318. The van der Waals surface area contributed by atoms with Crippen molar-refractivity contribution >= 4 is 29.4 Å². The zero-order chi connectivity index (χ0) is 20.4. The molecule has 2 aliphatic rings. The average Bonchev–Trinajstić information content (AvgIpc) is 2.73. The van der Waals surface area contributed by atoms with E-state index in [2.05, 4.69) is 17.4 Å². The molecule has 2 atom stereocenters. The van der Waals surface area contributed by atoms with Crippen molar-refractivity contribution in [3.05, 3.63) is 70.2 Å². The summed E-state index contributed by atoms with van der Waals surface area (Å²) in [6.07, 6.45) is 0.869. The van der Waals surface area contributed by atoms with E-state index in [-0.39, 0.29) is 6.61 Å². The van der Waals surface area contributed by atoms with Gasteiger partial charge in [0.1, 0.15) is 6.04 Å². The van der Waals surface area contributed by atoms with E-state index in [9.17, 15) is 9.59 Å². The third-order valence-electron chi connectivity index (χ3n) is 5.26. The monoisotopic (exact) mass is 411 g/mol. The van der Waals surface area contributed by atoms with Gasteiger partial charge in [0.2, 0.25) is 11.9 Å². The van der Waals surface area contributed by atoms with Crippen LogP contribution in [-0.4, -0.2) is 35.9 Å². The normalized spacial score (nSPS) is 21.1. The van der Waals surface area contributed by atoms with Gasteiger partial charge in [0, 0.05) is 18.1 Å². The molecule has 0 radical (unpaired) electrons. The number of hydrogen-bond acceptors (Lipinski definition) is 5. The van der Waals surface area contributed by atoms with E-state index in [0.29, 0.717) is 23.1 Å². The van der Waals surface area contributed by atoms with Gasteiger partial charge in [0.05, 0.1) is 6.61 Å². The molecule has 7 heteroatoms. The van der Waals surface area contributed by atoms with Crippen LogP contribution in [0.15, 0.2) is 53.5 Å². The highest BCUT2D eigenvalue weighted by Crippen LogP contribution is 2.32. The number of nitrogens with one attached hydrogen (secondary N) is 1. The second-order valence-electron chi connectivity index (χ2n) is 7.11. The van der Waals surface area contributed by atoms with E-state index in [4.69, 9.17) is 21.3 Å². The minimum absolute atomic E-state index is 0.199. The minimum Gasteiger partial charge on any atom is -0.465 e. The van der Waals surface area contributed by atoms with Crippen LogP contribution in [0.5, 0.6) is 0 Å². The lowest BCUT2D eigenvalue weighted by atomic mass is 9.91. The van der Waals surface area contributed by atoms with E-state index < -0.39 is 23.8 Å². The molecular weight excluding hydrogens is 390 g/mol. The van der Waals surface area contributed by atoms with Gasteiger partial charge in [0.15, 0.2) is 5.92 Å². The van der Waals surface area contributed by atoms with E-state index in [0.717, 1.165) is 13.0 Å². The van der Waals surface area contributed by atoms with Crippen LogP contribution >= 0.6 is 11.6 Å². The number of amides is 1. The minimum atomic E-state index is -1.05. The van der Waals surface area contributed by atoms with Crippen molar-refractivity contribution in [3.8, 4) is 0 Å². The molecule has 29 heavy (non-hydrogen) atoms. The molecule has 1 N–H and O–H groups in total. The molecule has 0 unspecified atom stereocenters. The van der Waals surface area contributed by atoms with Gasteiger partial charge in [-0.3, -0.25) is 14.9 Å². The number of carbonyl (C=O) groups is 2. The lowest BCUT2D eigenvalue weighted by molar-refractivity contribution is -0.153. The Balaban J connectivity index is 1.69. The van der Waals surface area contributed by atoms with Gasteiger partial charge in [0.25, 0.3) is 0 Å². The van der Waals surface area contributed by atoms with Crippen LogP contribution in [0.1, 0.15) is 29.7 Å². The number of rotatable bonds is 3. The van der Waals surface area contributed by atoms with Gasteiger partial charge < -0.3 is 9.64 Å². The molecule has 0 fully saturated rings. The largest absolute Gasteiger partial charge is 0.465 e. The van der Waals surface area contributed by atoms with Crippen LogP contribution in [-0.2, 0) is 27.3 Å². The van der Waals surface area contributed by atoms with Crippen molar-refractivity contribution in [2.24, 2.45) is 10.9 Å². The molecule has 2 aromatic carbocycles. The summed E-state index contributed by atoms with van der Waals surface area (Å²) < 4.78 is 5.15. The standard InChI is InChI=1S/C22H22ClN3O3/c1-2-29-21(28)18-19(15-8-5-9-17(23)12-15)24-22(25-20(18)27)26-11-10-14-6-3-4-7-16(14)13-26/h3-9,12,18-19H,2,10-11,13H2,1H3,(H,24,25,27)/t18-,19-/m1/s1. The zero-order valence-corrected chi connectivity index (χ0v) is 16.9. The highest BCUT2D eigenvalue weighted by Gasteiger charge is 2.42. The van der Waals surface area contributed by atoms with Crippen LogP contribution < -0.4 is 5.32 Å². The molecule has 0 aliphatic carbocycles. The smallest absolute Gasteiger partial charge is 0.321 e. The highest BCUT2D eigenvalue weighted by molar-refractivity contribution is 6.30. The zero-order valence-electron chi connectivity index (χ0n) is 16.1. The number of aliphatic imine (C=N–C) groups is 1. The van der Waals surface area contributed by atoms with Crippen molar-refractivity contribution in [1.82, 2.24) is 10.2 Å². The third kappa shape index (κ3) is 3.98. The predicted octanol–water partition coefficient (Wildman–Crippen LogP) is 3.10. The number of esters is 1. The average molecular weight is 412 g/mol. The second-order valence-corrected chi connectivity index (χ2v) is 7.55. The maximum Gasteiger partial charge on any atom is 0.321 e. The van der Waals surface area contributed by atoms with E-state index in [1.807, 2.05) is 23.1 Å². The molecule has 0 saturated carbocycles. The predicted molar refractivity (Wildman–Crippen MR) is 110 cm³/mol. The maximum atomic E-state index is 12.9. The summed E-state index contributed by atoms with van der Waals surface area (Å²) in [5.41, 5.74) is 3.23. The van der Waals surface area contributed by atoms with Crippen LogP contribution in [0.3, 0.4) is 0 Å². The van der Waals surface area contributed by atoms with Crippen molar-refractivity contribution < 1.29 is 14.3 Å². The van der Waals surface area contributed by atoms with Crippen LogP contribution in [0.2, 0.25) is 5.02 Å². The molecule has 4 rings (SSSR count). The summed E-state index contributed by atoms with van der Waals surface area (Å²) in [7, 11) is 0. The molecular formula is C22H22ClN3O3. The first-order chi connectivity index (χ1) is 14.1. The van der Waals surface area contributed by atoms with Crippen LogP contribution in [0, 0.1) is 5.92 Å². The lowest BCUT2D eigenvalue weighted by Gasteiger charge is -2.36. The first-order valence-corrected chi connectivity index (χ1v) is 10.1. The summed E-state index contributed by atoms with van der Waals surface area (Å²) in [6, 6.07) is 14.7. The Kier molecular flexibility index (Phi) is 5.53. The Morgan fingerprint density at radius 3 is 2.79 bits per heavy atom. The molecule has 2 aliphatic heterocycles. The maximum absolute atomic E-state index is 12.9. The molecule has 0 saturated heterocycles. The number of hydrogen-bond donors (Lipinski definition) is 1. The summed E-state index contributed by atoms with van der Waals surface area (Å²) in [5.74, 6) is -1.55. The third-order valence-corrected chi connectivity index (χ3v) is 5.49. The van der Waals surface area contributed by atoms with Crippen molar-refractivity contribution in [2.45, 2.75) is 25.9 Å². The summed E-state index contributed by atoms with van der Waals surface area (Å²) in [6.45, 7) is 3.31. The molecule has 150 valence electrons. The van der Waals surface area contributed by atoms with Crippen molar-refractivity contribution in [1.29, 1.82) is 0 Å². The molecule has 0 aromatic heterocycles. The number of benzene rings is 2. The number of nitrogens with zero attached hydrogens (tertiary/aromatic N) is 2. The Labute approximate surface area is 174 Å². The Morgan fingerprint density at radius 2 is 2.03 bits per heavy atom. The van der Waals surface area contributed by atoms with E-state index in [1.54, 1.807) is 25.1 Å². The van der Waals surface area contributed by atoms with Gasteiger partial charge in [-0.15, -0.1) is 0 Å². The molecule has 1 amide bonds. The second kappa shape index (κ2) is 8.25. The lowest BCUT2D eigenvalue weighted by Crippen LogP contribution is -2.53. The Morgan fingerprint density at radius 1 is 1.24 bits per heavy atom. The summed E-state index contributed by atoms with van der Waals surface area (Å²) >= 11 is 6.15. The highest BCUT2D eigenvalue weighted by atomic mass is 35.5. The quantitative estimate of drug-likeness (QED) is 0.622. The van der Waals surface area contributed by atoms with Crippen molar-refractivity contribution in [3.63, 3.8) is 0 Å². The van der Waals surface area contributed by atoms with E-state index >= 15 is 0 Å². The Hall–Kier alpha value is -2.86.